The van der Waals surface area contributed by atoms with Crippen LogP contribution in [0.15, 0.2) is 6.33 Å². The summed E-state index contributed by atoms with van der Waals surface area (Å²) in [7, 11) is 1.90. The Bertz CT molecular complexity index is 500. The Hall–Kier alpha value is -1.43. The van der Waals surface area contributed by atoms with Crippen LogP contribution >= 0.6 is 11.5 Å². The normalized spacial score (nSPS) is 11.1. The second-order valence-corrected chi connectivity index (χ2v) is 5.20. The lowest BCUT2D eigenvalue weighted by Crippen LogP contribution is -2.06. The van der Waals surface area contributed by atoms with Crippen molar-refractivity contribution in [1.29, 1.82) is 0 Å². The van der Waals surface area contributed by atoms with Crippen LogP contribution in [0.25, 0.3) is 11.4 Å². The maximum atomic E-state index is 4.36. The van der Waals surface area contributed by atoms with Gasteiger partial charge >= 0.3 is 0 Å². The number of nitrogens with one attached hydrogen (secondary N) is 1. The van der Waals surface area contributed by atoms with E-state index in [1.54, 1.807) is 6.33 Å². The molecule has 0 fully saturated rings. The average molecular weight is 251 g/mol. The monoisotopic (exact) mass is 251 g/mol. The first-order valence-corrected chi connectivity index (χ1v) is 6.43. The van der Waals surface area contributed by atoms with Crippen molar-refractivity contribution in [3.8, 4) is 11.4 Å². The van der Waals surface area contributed by atoms with Gasteiger partial charge < -0.3 is 9.88 Å². The second-order valence-electron chi connectivity index (χ2n) is 4.42. The molecule has 0 aliphatic carbocycles. The molecule has 0 aromatic carbocycles. The molecule has 0 spiro atoms. The van der Waals surface area contributed by atoms with Gasteiger partial charge in [-0.15, -0.1) is 10.2 Å². The molecular formula is C11H17N5S. The summed E-state index contributed by atoms with van der Waals surface area (Å²) in [5.41, 5.74) is 2.06. The van der Waals surface area contributed by atoms with Crippen molar-refractivity contribution in [2.24, 2.45) is 5.92 Å². The van der Waals surface area contributed by atoms with Crippen LogP contribution in [0.2, 0.25) is 0 Å². The number of nitrogens with zero attached hydrogens (tertiary/aromatic N) is 4. The molecule has 92 valence electrons. The SMILES string of the molecule is CNc1snc(C)c1-c1nncn1CC(C)C. The number of anilines is 1. The zero-order valence-electron chi connectivity index (χ0n) is 10.6. The van der Waals surface area contributed by atoms with Gasteiger partial charge in [-0.3, -0.25) is 0 Å². The minimum Gasteiger partial charge on any atom is -0.378 e. The number of hydrogen-bond donors (Lipinski definition) is 1. The first-order chi connectivity index (χ1) is 8.13. The van der Waals surface area contributed by atoms with Crippen LogP contribution in [0.1, 0.15) is 19.5 Å². The van der Waals surface area contributed by atoms with Crippen LogP contribution in [-0.2, 0) is 6.54 Å². The van der Waals surface area contributed by atoms with Crippen molar-refractivity contribution in [3.63, 3.8) is 0 Å². The number of aryl methyl sites for hydroxylation is 1. The van der Waals surface area contributed by atoms with Gasteiger partial charge in [0.25, 0.3) is 0 Å². The molecule has 2 rings (SSSR count). The molecule has 0 atom stereocenters. The third-order valence-corrected chi connectivity index (χ3v) is 3.45. The largest absolute Gasteiger partial charge is 0.378 e. The van der Waals surface area contributed by atoms with E-state index >= 15 is 0 Å². The van der Waals surface area contributed by atoms with E-state index < -0.39 is 0 Å². The zero-order chi connectivity index (χ0) is 12.4. The molecule has 0 amide bonds. The van der Waals surface area contributed by atoms with Gasteiger partial charge in [0.15, 0.2) is 5.82 Å². The van der Waals surface area contributed by atoms with Crippen LogP contribution in [-0.4, -0.2) is 26.2 Å². The van der Waals surface area contributed by atoms with E-state index in [1.165, 1.54) is 11.5 Å². The van der Waals surface area contributed by atoms with Crippen molar-refractivity contribution in [2.75, 3.05) is 12.4 Å². The third kappa shape index (κ3) is 2.31. The molecule has 0 bridgehead atoms. The number of rotatable bonds is 4. The van der Waals surface area contributed by atoms with Crippen molar-refractivity contribution >= 4 is 16.5 Å². The van der Waals surface area contributed by atoms with Gasteiger partial charge in [0.05, 0.1) is 11.3 Å². The first-order valence-electron chi connectivity index (χ1n) is 5.65. The first kappa shape index (κ1) is 12.0. The fraction of sp³-hybridized carbons (Fsp3) is 0.545. The summed E-state index contributed by atoms with van der Waals surface area (Å²) in [6.45, 7) is 7.28. The Kier molecular flexibility index (Phi) is 3.42. The molecule has 0 aliphatic heterocycles. The van der Waals surface area contributed by atoms with E-state index in [-0.39, 0.29) is 0 Å². The summed E-state index contributed by atoms with van der Waals surface area (Å²) in [5, 5.41) is 12.4. The van der Waals surface area contributed by atoms with Crippen LogP contribution < -0.4 is 5.32 Å². The summed E-state index contributed by atoms with van der Waals surface area (Å²) >= 11 is 1.46. The van der Waals surface area contributed by atoms with Crippen molar-refractivity contribution in [2.45, 2.75) is 27.3 Å². The predicted octanol–water partition coefficient (Wildman–Crippen LogP) is 2.41. The molecule has 6 heteroatoms. The van der Waals surface area contributed by atoms with Crippen LogP contribution in [0.5, 0.6) is 0 Å². The van der Waals surface area contributed by atoms with Crippen molar-refractivity contribution in [3.05, 3.63) is 12.0 Å². The Labute approximate surface area is 105 Å². The minimum absolute atomic E-state index is 0.565. The molecular weight excluding hydrogens is 234 g/mol. The maximum absolute atomic E-state index is 4.36. The summed E-state index contributed by atoms with van der Waals surface area (Å²) in [6, 6.07) is 0. The Balaban J connectivity index is 2.45. The Morgan fingerprint density at radius 2 is 2.24 bits per heavy atom. The van der Waals surface area contributed by atoms with E-state index in [9.17, 15) is 0 Å². The van der Waals surface area contributed by atoms with E-state index in [4.69, 9.17) is 0 Å². The topological polar surface area (TPSA) is 55.6 Å². The number of aromatic nitrogens is 4. The van der Waals surface area contributed by atoms with E-state index in [2.05, 4.69) is 38.3 Å². The van der Waals surface area contributed by atoms with Crippen molar-refractivity contribution in [1.82, 2.24) is 19.1 Å². The molecule has 0 saturated carbocycles. The molecule has 2 heterocycles. The highest BCUT2D eigenvalue weighted by Gasteiger charge is 2.17. The van der Waals surface area contributed by atoms with Gasteiger partial charge in [0.2, 0.25) is 0 Å². The van der Waals surface area contributed by atoms with E-state index in [0.29, 0.717) is 5.92 Å². The third-order valence-electron chi connectivity index (χ3n) is 2.49. The Morgan fingerprint density at radius 1 is 1.47 bits per heavy atom. The highest BCUT2D eigenvalue weighted by molar-refractivity contribution is 7.10. The molecule has 17 heavy (non-hydrogen) atoms. The molecule has 0 aliphatic rings. The summed E-state index contributed by atoms with van der Waals surface area (Å²) < 4.78 is 6.45. The molecule has 0 saturated heterocycles. The molecule has 0 radical (unpaired) electrons. The molecule has 1 N–H and O–H groups in total. The second kappa shape index (κ2) is 4.83. The van der Waals surface area contributed by atoms with Crippen LogP contribution in [0, 0.1) is 12.8 Å². The summed E-state index contributed by atoms with van der Waals surface area (Å²) in [6.07, 6.45) is 1.78. The number of hydrogen-bond acceptors (Lipinski definition) is 5. The van der Waals surface area contributed by atoms with Gasteiger partial charge in [-0.2, -0.15) is 4.37 Å². The van der Waals surface area contributed by atoms with Gasteiger partial charge in [-0.25, -0.2) is 0 Å². The lowest BCUT2D eigenvalue weighted by atomic mass is 10.2. The lowest BCUT2D eigenvalue weighted by Gasteiger charge is -2.09. The van der Waals surface area contributed by atoms with Gasteiger partial charge in [0, 0.05) is 13.6 Å². The molecule has 2 aromatic heterocycles. The van der Waals surface area contributed by atoms with Gasteiger partial charge in [-0.1, -0.05) is 13.8 Å². The maximum Gasteiger partial charge on any atom is 0.168 e. The molecule has 0 unspecified atom stereocenters. The quantitative estimate of drug-likeness (QED) is 0.906. The lowest BCUT2D eigenvalue weighted by molar-refractivity contribution is 0.525. The average Bonchev–Trinajstić information content (AvgIpc) is 2.83. The van der Waals surface area contributed by atoms with Gasteiger partial charge in [-0.05, 0) is 24.4 Å². The minimum atomic E-state index is 0.565. The van der Waals surface area contributed by atoms with E-state index in [1.807, 2.05) is 14.0 Å². The predicted molar refractivity (Wildman–Crippen MR) is 70.3 cm³/mol. The summed E-state index contributed by atoms with van der Waals surface area (Å²) in [4.78, 5) is 0. The molecule has 5 nitrogen and oxygen atoms in total. The highest BCUT2D eigenvalue weighted by atomic mass is 32.1. The van der Waals surface area contributed by atoms with Crippen molar-refractivity contribution < 1.29 is 0 Å². The standard InChI is InChI=1S/C11H17N5S/c1-7(2)5-16-6-13-14-10(16)9-8(3)15-17-11(9)12-4/h6-7,12H,5H2,1-4H3. The Morgan fingerprint density at radius 3 is 2.88 bits per heavy atom. The highest BCUT2D eigenvalue weighted by Crippen LogP contribution is 2.33. The smallest absolute Gasteiger partial charge is 0.168 e. The molecule has 2 aromatic rings. The van der Waals surface area contributed by atoms with Gasteiger partial charge in [0.1, 0.15) is 11.3 Å². The van der Waals surface area contributed by atoms with Crippen LogP contribution in [0.3, 0.4) is 0 Å². The summed E-state index contributed by atoms with van der Waals surface area (Å²) in [5.74, 6) is 1.46. The van der Waals surface area contributed by atoms with Crippen LogP contribution in [0.4, 0.5) is 5.00 Å². The van der Waals surface area contributed by atoms with E-state index in [0.717, 1.165) is 28.6 Å². The zero-order valence-corrected chi connectivity index (χ0v) is 11.4. The fourth-order valence-electron chi connectivity index (χ4n) is 1.78. The fourth-order valence-corrected chi connectivity index (χ4v) is 2.52.